The van der Waals surface area contributed by atoms with Crippen LogP contribution in [0.15, 0.2) is 18.2 Å². The number of aryl methyl sites for hydroxylation is 1. The Hall–Kier alpha value is -1.71. The molecule has 1 aliphatic rings. The summed E-state index contributed by atoms with van der Waals surface area (Å²) < 4.78 is 0. The van der Waals surface area contributed by atoms with E-state index in [2.05, 4.69) is 52.7 Å². The summed E-state index contributed by atoms with van der Waals surface area (Å²) in [6.45, 7) is 4.65. The van der Waals surface area contributed by atoms with Crippen LogP contribution in [0.2, 0.25) is 0 Å². The van der Waals surface area contributed by atoms with Gasteiger partial charge in [-0.05, 0) is 47.1 Å². The van der Waals surface area contributed by atoms with E-state index in [1.54, 1.807) is 0 Å². The van der Waals surface area contributed by atoms with E-state index in [4.69, 9.17) is 0 Å². The summed E-state index contributed by atoms with van der Waals surface area (Å²) in [6, 6.07) is 6.53. The molecule has 0 saturated carbocycles. The van der Waals surface area contributed by atoms with E-state index in [-0.39, 0.29) is 0 Å². The Balaban J connectivity index is 2.03. The summed E-state index contributed by atoms with van der Waals surface area (Å²) in [6.07, 6.45) is 2.43. The van der Waals surface area contributed by atoms with Crippen LogP contribution in [0.4, 0.5) is 0 Å². The lowest BCUT2D eigenvalue weighted by Crippen LogP contribution is -2.15. The van der Waals surface area contributed by atoms with Crippen molar-refractivity contribution in [2.75, 3.05) is 0 Å². The van der Waals surface area contributed by atoms with Crippen LogP contribution in [0.3, 0.4) is 0 Å². The maximum Gasteiger partial charge on any atom is 0.204 e. The van der Waals surface area contributed by atoms with Gasteiger partial charge >= 0.3 is 0 Å². The van der Waals surface area contributed by atoms with Crippen molar-refractivity contribution in [3.63, 3.8) is 0 Å². The molecule has 4 nitrogen and oxygen atoms in total. The molecule has 2 aromatic rings. The highest BCUT2D eigenvalue weighted by Crippen LogP contribution is 2.36. The van der Waals surface area contributed by atoms with Gasteiger partial charge in [0.1, 0.15) is 0 Å². The molecular weight excluding hydrogens is 212 g/mol. The van der Waals surface area contributed by atoms with Crippen molar-refractivity contribution in [2.45, 2.75) is 32.6 Å². The van der Waals surface area contributed by atoms with Crippen molar-refractivity contribution in [2.24, 2.45) is 5.92 Å². The first kappa shape index (κ1) is 10.4. The average Bonchev–Trinajstić information content (AvgIpc) is 2.87. The number of benzene rings is 1. The number of hydrogen-bond acceptors (Lipinski definition) is 3. The second-order valence-electron chi connectivity index (χ2n) is 4.95. The first-order valence-electron chi connectivity index (χ1n) is 6.12. The standard InChI is InChI=1S/C13H16N4/c1-8-3-4-10-7-11(13-14-16-17-15-13)5-6-12(10)9(8)2/h5-9H,3-4H2,1-2H3,(H,14,15,16,17). The van der Waals surface area contributed by atoms with E-state index in [0.29, 0.717) is 11.7 Å². The fourth-order valence-electron chi connectivity index (χ4n) is 2.63. The highest BCUT2D eigenvalue weighted by atomic mass is 15.5. The lowest BCUT2D eigenvalue weighted by molar-refractivity contribution is 0.426. The maximum atomic E-state index is 4.02. The minimum absolute atomic E-state index is 0.651. The van der Waals surface area contributed by atoms with Gasteiger partial charge in [0.2, 0.25) is 5.82 Å². The Morgan fingerprint density at radius 2 is 2.18 bits per heavy atom. The smallest absolute Gasteiger partial charge is 0.177 e. The number of fused-ring (bicyclic) bond motifs is 1. The van der Waals surface area contributed by atoms with Crippen LogP contribution in [-0.4, -0.2) is 20.6 Å². The first-order chi connectivity index (χ1) is 8.25. The number of hydrogen-bond donors (Lipinski definition) is 1. The van der Waals surface area contributed by atoms with Crippen molar-refractivity contribution < 1.29 is 0 Å². The molecule has 88 valence electrons. The summed E-state index contributed by atoms with van der Waals surface area (Å²) in [4.78, 5) is 0. The second kappa shape index (κ2) is 3.95. The van der Waals surface area contributed by atoms with Gasteiger partial charge in [-0.15, -0.1) is 10.2 Å². The van der Waals surface area contributed by atoms with Crippen LogP contribution >= 0.6 is 0 Å². The predicted octanol–water partition coefficient (Wildman–Crippen LogP) is 2.55. The molecular formula is C13H16N4. The maximum absolute atomic E-state index is 4.02. The molecule has 0 aliphatic heterocycles. The first-order valence-corrected chi connectivity index (χ1v) is 6.12. The molecule has 1 aromatic carbocycles. The van der Waals surface area contributed by atoms with Crippen molar-refractivity contribution in [3.8, 4) is 11.4 Å². The predicted molar refractivity (Wildman–Crippen MR) is 65.5 cm³/mol. The van der Waals surface area contributed by atoms with Crippen molar-refractivity contribution in [1.82, 2.24) is 20.6 Å². The van der Waals surface area contributed by atoms with Crippen LogP contribution in [0.1, 0.15) is 37.3 Å². The van der Waals surface area contributed by atoms with E-state index in [1.165, 1.54) is 17.5 Å². The Kier molecular flexibility index (Phi) is 2.42. The van der Waals surface area contributed by atoms with Gasteiger partial charge in [0.25, 0.3) is 0 Å². The molecule has 0 radical (unpaired) electrons. The van der Waals surface area contributed by atoms with Gasteiger partial charge in [-0.3, -0.25) is 0 Å². The molecule has 1 N–H and O–H groups in total. The van der Waals surface area contributed by atoms with Crippen LogP contribution in [0.5, 0.6) is 0 Å². The molecule has 1 aliphatic carbocycles. The Bertz CT molecular complexity index is 518. The molecule has 1 aromatic heterocycles. The molecule has 4 heteroatoms. The van der Waals surface area contributed by atoms with Crippen molar-refractivity contribution in [1.29, 1.82) is 0 Å². The number of aromatic amines is 1. The van der Waals surface area contributed by atoms with Crippen LogP contribution in [0, 0.1) is 5.92 Å². The Labute approximate surface area is 100 Å². The van der Waals surface area contributed by atoms with E-state index in [9.17, 15) is 0 Å². The van der Waals surface area contributed by atoms with Crippen molar-refractivity contribution >= 4 is 0 Å². The van der Waals surface area contributed by atoms with Gasteiger partial charge in [0, 0.05) is 5.56 Å². The normalized spacial score (nSPS) is 23.4. The monoisotopic (exact) mass is 228 g/mol. The van der Waals surface area contributed by atoms with Gasteiger partial charge in [0.05, 0.1) is 0 Å². The van der Waals surface area contributed by atoms with Gasteiger partial charge in [-0.25, -0.2) is 0 Å². The van der Waals surface area contributed by atoms with Gasteiger partial charge in [-0.1, -0.05) is 26.0 Å². The minimum Gasteiger partial charge on any atom is -0.177 e. The summed E-state index contributed by atoms with van der Waals surface area (Å²) in [7, 11) is 0. The Morgan fingerprint density at radius 1 is 1.29 bits per heavy atom. The van der Waals surface area contributed by atoms with Crippen molar-refractivity contribution in [3.05, 3.63) is 29.3 Å². The zero-order chi connectivity index (χ0) is 11.8. The molecule has 0 bridgehead atoms. The molecule has 0 amide bonds. The molecule has 1 heterocycles. The number of nitrogens with one attached hydrogen (secondary N) is 1. The molecule has 0 saturated heterocycles. The Morgan fingerprint density at radius 3 is 2.94 bits per heavy atom. The third kappa shape index (κ3) is 1.73. The zero-order valence-corrected chi connectivity index (χ0v) is 10.1. The molecule has 2 atom stereocenters. The lowest BCUT2D eigenvalue weighted by Gasteiger charge is -2.28. The summed E-state index contributed by atoms with van der Waals surface area (Å²) in [5.41, 5.74) is 3.98. The second-order valence-corrected chi connectivity index (χ2v) is 4.95. The average molecular weight is 228 g/mol. The lowest BCUT2D eigenvalue weighted by atomic mass is 9.76. The topological polar surface area (TPSA) is 54.5 Å². The number of tetrazole rings is 1. The summed E-state index contributed by atoms with van der Waals surface area (Å²) in [5.74, 6) is 2.11. The number of rotatable bonds is 1. The molecule has 0 spiro atoms. The fraction of sp³-hybridized carbons (Fsp3) is 0.462. The number of H-pyrrole nitrogens is 1. The zero-order valence-electron chi connectivity index (χ0n) is 10.1. The van der Waals surface area contributed by atoms with Gasteiger partial charge < -0.3 is 0 Å². The van der Waals surface area contributed by atoms with E-state index in [0.717, 1.165) is 17.9 Å². The minimum atomic E-state index is 0.651. The van der Waals surface area contributed by atoms with Crippen LogP contribution in [-0.2, 0) is 6.42 Å². The summed E-state index contributed by atoms with van der Waals surface area (Å²) >= 11 is 0. The molecule has 2 unspecified atom stereocenters. The quantitative estimate of drug-likeness (QED) is 0.816. The van der Waals surface area contributed by atoms with Gasteiger partial charge in [0.15, 0.2) is 0 Å². The largest absolute Gasteiger partial charge is 0.204 e. The van der Waals surface area contributed by atoms with Crippen LogP contribution < -0.4 is 0 Å². The highest BCUT2D eigenvalue weighted by molar-refractivity contribution is 5.57. The summed E-state index contributed by atoms with van der Waals surface area (Å²) in [5, 5.41) is 14.1. The van der Waals surface area contributed by atoms with E-state index >= 15 is 0 Å². The third-order valence-electron chi connectivity index (χ3n) is 3.96. The number of nitrogens with zero attached hydrogens (tertiary/aromatic N) is 3. The number of aromatic nitrogens is 4. The molecule has 0 fully saturated rings. The fourth-order valence-corrected chi connectivity index (χ4v) is 2.63. The van der Waals surface area contributed by atoms with Crippen LogP contribution in [0.25, 0.3) is 11.4 Å². The SMILES string of the molecule is CC1CCc2cc(-c3nn[nH]n3)ccc2C1C. The third-order valence-corrected chi connectivity index (χ3v) is 3.96. The van der Waals surface area contributed by atoms with E-state index < -0.39 is 0 Å². The van der Waals surface area contributed by atoms with E-state index in [1.807, 2.05) is 0 Å². The van der Waals surface area contributed by atoms with Gasteiger partial charge in [-0.2, -0.15) is 5.21 Å². The molecule has 3 rings (SSSR count). The highest BCUT2D eigenvalue weighted by Gasteiger charge is 2.23. The molecule has 17 heavy (non-hydrogen) atoms.